The summed E-state index contributed by atoms with van der Waals surface area (Å²) in [6.45, 7) is 2.74. The second-order valence-corrected chi connectivity index (χ2v) is 5.04. The number of fused-ring (bicyclic) bond motifs is 1. The van der Waals surface area contributed by atoms with E-state index in [1.54, 1.807) is 12.4 Å². The minimum atomic E-state index is -0.697. The van der Waals surface area contributed by atoms with Gasteiger partial charge in [-0.05, 0) is 19.1 Å². The highest BCUT2D eigenvalue weighted by Gasteiger charge is 2.37. The van der Waals surface area contributed by atoms with E-state index < -0.39 is 17.5 Å². The number of anilines is 1. The van der Waals surface area contributed by atoms with E-state index in [9.17, 15) is 14.0 Å². The lowest BCUT2D eigenvalue weighted by Crippen LogP contribution is -2.30. The molecule has 1 aromatic carbocycles. The number of nitrogens with zero attached hydrogens (tertiary/aromatic N) is 3. The predicted octanol–water partition coefficient (Wildman–Crippen LogP) is 2.43. The fourth-order valence-corrected chi connectivity index (χ4v) is 2.53. The standard InChI is InChI=1S/C14H11ClFN3O2/c1-2-18-4-3-17-12(18)7-19-11-6-10(16)9(15)5-8(11)13(20)14(19)21/h3-6H,2,7H2,1H3. The fraction of sp³-hybridized carbons (Fsp3) is 0.214. The number of ketones is 1. The Balaban J connectivity index is 2.03. The van der Waals surface area contributed by atoms with Gasteiger partial charge in [-0.3, -0.25) is 14.5 Å². The maximum Gasteiger partial charge on any atom is 0.299 e. The molecule has 0 radical (unpaired) electrons. The van der Waals surface area contributed by atoms with Gasteiger partial charge in [0.2, 0.25) is 0 Å². The van der Waals surface area contributed by atoms with Crippen molar-refractivity contribution in [3.63, 3.8) is 0 Å². The first-order valence-corrected chi connectivity index (χ1v) is 6.76. The van der Waals surface area contributed by atoms with Gasteiger partial charge >= 0.3 is 0 Å². The summed E-state index contributed by atoms with van der Waals surface area (Å²) in [6.07, 6.45) is 3.39. The molecule has 1 amide bonds. The number of Topliss-reactive ketones (excluding diaryl/α,β-unsaturated/α-hetero) is 1. The summed E-state index contributed by atoms with van der Waals surface area (Å²) >= 11 is 5.67. The average Bonchev–Trinajstić information content (AvgIpc) is 3.00. The molecule has 0 unspecified atom stereocenters. The van der Waals surface area contributed by atoms with Crippen molar-refractivity contribution in [2.45, 2.75) is 20.0 Å². The third-order valence-corrected chi connectivity index (χ3v) is 3.75. The van der Waals surface area contributed by atoms with Gasteiger partial charge in [0.1, 0.15) is 11.6 Å². The highest BCUT2D eigenvalue weighted by molar-refractivity contribution is 6.52. The Hall–Kier alpha value is -2.21. The average molecular weight is 308 g/mol. The molecular weight excluding hydrogens is 297 g/mol. The van der Waals surface area contributed by atoms with Crippen molar-refractivity contribution in [3.05, 3.63) is 46.8 Å². The Morgan fingerprint density at radius 1 is 1.33 bits per heavy atom. The summed E-state index contributed by atoms with van der Waals surface area (Å²) in [4.78, 5) is 29.4. The predicted molar refractivity (Wildman–Crippen MR) is 74.8 cm³/mol. The van der Waals surface area contributed by atoms with E-state index in [1.807, 2.05) is 11.5 Å². The van der Waals surface area contributed by atoms with Gasteiger partial charge in [-0.15, -0.1) is 0 Å². The molecule has 108 valence electrons. The zero-order valence-electron chi connectivity index (χ0n) is 11.1. The molecule has 1 aromatic heterocycles. The third-order valence-electron chi connectivity index (χ3n) is 3.46. The van der Waals surface area contributed by atoms with Crippen molar-refractivity contribution < 1.29 is 14.0 Å². The van der Waals surface area contributed by atoms with Crippen LogP contribution in [0.2, 0.25) is 5.02 Å². The summed E-state index contributed by atoms with van der Waals surface area (Å²) in [5, 5.41) is -0.174. The number of halogens is 2. The molecule has 3 rings (SSSR count). The van der Waals surface area contributed by atoms with Crippen molar-refractivity contribution in [2.75, 3.05) is 4.90 Å². The molecule has 0 N–H and O–H groups in total. The maximum absolute atomic E-state index is 13.6. The Morgan fingerprint density at radius 3 is 2.81 bits per heavy atom. The number of aryl methyl sites for hydroxylation is 1. The normalized spacial score (nSPS) is 14.0. The van der Waals surface area contributed by atoms with Crippen molar-refractivity contribution in [3.8, 4) is 0 Å². The first-order valence-electron chi connectivity index (χ1n) is 6.38. The minimum absolute atomic E-state index is 0.111. The van der Waals surface area contributed by atoms with Gasteiger partial charge in [-0.1, -0.05) is 11.6 Å². The van der Waals surface area contributed by atoms with Crippen LogP contribution in [-0.4, -0.2) is 21.2 Å². The lowest BCUT2D eigenvalue weighted by Gasteiger charge is -2.17. The quantitative estimate of drug-likeness (QED) is 0.818. The van der Waals surface area contributed by atoms with Gasteiger partial charge < -0.3 is 4.57 Å². The monoisotopic (exact) mass is 307 g/mol. The number of carbonyl (C=O) groups excluding carboxylic acids is 2. The number of aromatic nitrogens is 2. The van der Waals surface area contributed by atoms with Crippen LogP contribution in [0.1, 0.15) is 23.1 Å². The fourth-order valence-electron chi connectivity index (χ4n) is 2.37. The number of benzene rings is 1. The summed E-state index contributed by atoms with van der Waals surface area (Å²) in [6, 6.07) is 2.30. The van der Waals surface area contributed by atoms with Gasteiger partial charge in [-0.25, -0.2) is 9.37 Å². The van der Waals surface area contributed by atoms with Crippen molar-refractivity contribution >= 4 is 29.0 Å². The zero-order chi connectivity index (χ0) is 15.1. The molecule has 0 aliphatic carbocycles. The summed E-state index contributed by atoms with van der Waals surface area (Å²) in [7, 11) is 0. The van der Waals surface area contributed by atoms with E-state index >= 15 is 0 Å². The molecule has 0 fully saturated rings. The summed E-state index contributed by atoms with van der Waals surface area (Å²) in [5.74, 6) is -1.41. The molecule has 21 heavy (non-hydrogen) atoms. The summed E-state index contributed by atoms with van der Waals surface area (Å²) < 4.78 is 15.5. The number of carbonyl (C=O) groups is 2. The molecule has 0 bridgehead atoms. The molecule has 0 saturated heterocycles. The van der Waals surface area contributed by atoms with Gasteiger partial charge in [-0.2, -0.15) is 0 Å². The van der Waals surface area contributed by atoms with Gasteiger partial charge in [0.05, 0.1) is 22.8 Å². The van der Waals surface area contributed by atoms with E-state index in [-0.39, 0.29) is 22.8 Å². The number of rotatable bonds is 3. The molecule has 7 heteroatoms. The van der Waals surface area contributed by atoms with Crippen LogP contribution in [0, 0.1) is 5.82 Å². The molecule has 0 spiro atoms. The highest BCUT2D eigenvalue weighted by Crippen LogP contribution is 2.33. The molecule has 5 nitrogen and oxygen atoms in total. The molecule has 1 aliphatic rings. The number of imidazole rings is 1. The third kappa shape index (κ3) is 2.12. The van der Waals surface area contributed by atoms with Crippen LogP contribution in [-0.2, 0) is 17.9 Å². The molecule has 0 saturated carbocycles. The largest absolute Gasteiger partial charge is 0.334 e. The molecule has 1 aliphatic heterocycles. The lowest BCUT2D eigenvalue weighted by molar-refractivity contribution is -0.114. The SMILES string of the molecule is CCn1ccnc1CN1C(=O)C(=O)c2cc(Cl)c(F)cc21. The topological polar surface area (TPSA) is 55.2 Å². The lowest BCUT2D eigenvalue weighted by atomic mass is 10.1. The smallest absolute Gasteiger partial charge is 0.299 e. The Kier molecular flexibility index (Phi) is 3.25. The number of hydrogen-bond acceptors (Lipinski definition) is 3. The van der Waals surface area contributed by atoms with Crippen molar-refractivity contribution in [1.29, 1.82) is 0 Å². The zero-order valence-corrected chi connectivity index (χ0v) is 11.9. The Morgan fingerprint density at radius 2 is 2.10 bits per heavy atom. The minimum Gasteiger partial charge on any atom is -0.334 e. The van der Waals surface area contributed by atoms with Gasteiger partial charge in [0, 0.05) is 18.9 Å². The van der Waals surface area contributed by atoms with E-state index in [2.05, 4.69) is 4.98 Å². The van der Waals surface area contributed by atoms with Crippen LogP contribution < -0.4 is 4.90 Å². The summed E-state index contributed by atoms with van der Waals surface area (Å²) in [5.41, 5.74) is 0.360. The number of hydrogen-bond donors (Lipinski definition) is 0. The van der Waals surface area contributed by atoms with Crippen LogP contribution in [0.4, 0.5) is 10.1 Å². The first-order chi connectivity index (χ1) is 10.0. The number of amides is 1. The van der Waals surface area contributed by atoms with Crippen LogP contribution >= 0.6 is 11.6 Å². The van der Waals surface area contributed by atoms with Crippen LogP contribution in [0.5, 0.6) is 0 Å². The van der Waals surface area contributed by atoms with Gasteiger partial charge in [0.15, 0.2) is 0 Å². The maximum atomic E-state index is 13.6. The Labute approximate surface area is 124 Å². The second-order valence-electron chi connectivity index (χ2n) is 4.63. The van der Waals surface area contributed by atoms with Crippen molar-refractivity contribution in [1.82, 2.24) is 9.55 Å². The Bertz CT molecular complexity index is 757. The molecule has 2 aromatic rings. The second kappa shape index (κ2) is 4.96. The highest BCUT2D eigenvalue weighted by atomic mass is 35.5. The van der Waals surface area contributed by atoms with Crippen molar-refractivity contribution in [2.24, 2.45) is 0 Å². The van der Waals surface area contributed by atoms with Gasteiger partial charge in [0.25, 0.3) is 11.7 Å². The van der Waals surface area contributed by atoms with E-state index in [1.165, 1.54) is 11.0 Å². The first kappa shape index (κ1) is 13.8. The van der Waals surface area contributed by atoms with E-state index in [0.717, 1.165) is 6.07 Å². The van der Waals surface area contributed by atoms with Crippen LogP contribution in [0.3, 0.4) is 0 Å². The van der Waals surface area contributed by atoms with Crippen LogP contribution in [0.15, 0.2) is 24.5 Å². The van der Waals surface area contributed by atoms with Crippen LogP contribution in [0.25, 0.3) is 0 Å². The molecular formula is C14H11ClFN3O2. The van der Waals surface area contributed by atoms with E-state index in [0.29, 0.717) is 12.4 Å². The van der Waals surface area contributed by atoms with E-state index in [4.69, 9.17) is 11.6 Å². The molecule has 0 atom stereocenters. The molecule has 2 heterocycles.